The molecule has 7 heteroatoms. The Kier molecular flexibility index (Phi) is 5.77. The highest BCUT2D eigenvalue weighted by molar-refractivity contribution is 6.30. The molecular formula is C23H24ClN3O3. The summed E-state index contributed by atoms with van der Waals surface area (Å²) in [7, 11) is 0. The van der Waals surface area contributed by atoms with Crippen LogP contribution in [0.2, 0.25) is 5.02 Å². The average Bonchev–Trinajstić information content (AvgIpc) is 3.11. The second-order valence-electron chi connectivity index (χ2n) is 7.34. The maximum Gasteiger partial charge on any atom is 0.321 e. The number of unbranched alkanes of at least 4 members (excludes halogenated alkanes) is 1. The zero-order valence-corrected chi connectivity index (χ0v) is 17.8. The number of fused-ring (bicyclic) bond motifs is 3. The topological polar surface area (TPSA) is 64.4 Å². The summed E-state index contributed by atoms with van der Waals surface area (Å²) in [6, 6.07) is 14.4. The monoisotopic (exact) mass is 425 g/mol. The van der Waals surface area contributed by atoms with Gasteiger partial charge in [0.05, 0.1) is 23.7 Å². The van der Waals surface area contributed by atoms with Crippen molar-refractivity contribution in [3.05, 3.63) is 59.1 Å². The summed E-state index contributed by atoms with van der Waals surface area (Å²) in [4.78, 5) is 33.0. The summed E-state index contributed by atoms with van der Waals surface area (Å²) in [6.45, 7) is 4.51. The molecular weight excluding hydrogens is 402 g/mol. The number of benzene rings is 2. The van der Waals surface area contributed by atoms with Gasteiger partial charge in [-0.1, -0.05) is 49.2 Å². The molecule has 0 saturated carbocycles. The Hall–Kier alpha value is -2.86. The van der Waals surface area contributed by atoms with Crippen LogP contribution < -0.4 is 4.90 Å². The van der Waals surface area contributed by atoms with Gasteiger partial charge in [-0.05, 0) is 43.2 Å². The van der Waals surface area contributed by atoms with Crippen molar-refractivity contribution in [3.8, 4) is 0 Å². The molecule has 2 aromatic carbocycles. The van der Waals surface area contributed by atoms with Crippen molar-refractivity contribution in [2.24, 2.45) is 5.92 Å². The Bertz CT molecular complexity index is 1090. The Morgan fingerprint density at radius 3 is 2.70 bits per heavy atom. The van der Waals surface area contributed by atoms with Crippen LogP contribution in [-0.4, -0.2) is 34.6 Å². The van der Waals surface area contributed by atoms with Gasteiger partial charge in [-0.25, -0.2) is 4.98 Å². The first-order valence-corrected chi connectivity index (χ1v) is 10.6. The second kappa shape index (κ2) is 8.48. The second-order valence-corrected chi connectivity index (χ2v) is 7.78. The van der Waals surface area contributed by atoms with Crippen molar-refractivity contribution >= 4 is 40.5 Å². The normalized spacial score (nSPS) is 18.5. The number of ether oxygens (including phenoxy) is 1. The maximum absolute atomic E-state index is 13.6. The summed E-state index contributed by atoms with van der Waals surface area (Å²) in [6.07, 6.45) is 1.73. The highest BCUT2D eigenvalue weighted by Crippen LogP contribution is 2.41. The Morgan fingerprint density at radius 2 is 1.97 bits per heavy atom. The van der Waals surface area contributed by atoms with Crippen molar-refractivity contribution in [3.63, 3.8) is 0 Å². The summed E-state index contributed by atoms with van der Waals surface area (Å²) in [5, 5.41) is 0.543. The predicted octanol–water partition coefficient (Wildman–Crippen LogP) is 4.61. The van der Waals surface area contributed by atoms with Crippen LogP contribution in [-0.2, 0) is 14.3 Å². The van der Waals surface area contributed by atoms with Crippen molar-refractivity contribution in [2.45, 2.75) is 32.7 Å². The molecule has 0 aliphatic carbocycles. The van der Waals surface area contributed by atoms with Gasteiger partial charge in [0.2, 0.25) is 11.9 Å². The summed E-state index contributed by atoms with van der Waals surface area (Å²) < 4.78 is 7.32. The molecule has 1 aromatic heterocycles. The summed E-state index contributed by atoms with van der Waals surface area (Å²) in [5.74, 6) is -1.27. The minimum absolute atomic E-state index is 0.206. The van der Waals surface area contributed by atoms with E-state index < -0.39 is 17.9 Å². The van der Waals surface area contributed by atoms with E-state index in [1.807, 2.05) is 41.0 Å². The average molecular weight is 426 g/mol. The number of para-hydroxylation sites is 2. The number of rotatable bonds is 6. The number of esters is 1. The molecule has 0 unspecified atom stereocenters. The number of carbonyl (C=O) groups is 2. The minimum atomic E-state index is -1.01. The Labute approximate surface area is 180 Å². The van der Waals surface area contributed by atoms with E-state index in [0.29, 0.717) is 17.5 Å². The van der Waals surface area contributed by atoms with Crippen molar-refractivity contribution in [1.82, 2.24) is 9.55 Å². The summed E-state index contributed by atoms with van der Waals surface area (Å²) >= 11 is 6.27. The highest BCUT2D eigenvalue weighted by Gasteiger charge is 2.47. The van der Waals surface area contributed by atoms with Crippen LogP contribution in [0.15, 0.2) is 48.5 Å². The van der Waals surface area contributed by atoms with E-state index in [2.05, 4.69) is 6.92 Å². The van der Waals surface area contributed by atoms with Gasteiger partial charge in [-0.15, -0.1) is 0 Å². The molecule has 6 nitrogen and oxygen atoms in total. The number of anilines is 1. The van der Waals surface area contributed by atoms with E-state index in [0.717, 1.165) is 29.4 Å². The van der Waals surface area contributed by atoms with Crippen LogP contribution in [0.1, 0.15) is 38.3 Å². The van der Waals surface area contributed by atoms with E-state index in [9.17, 15) is 9.59 Å². The number of aromatic nitrogens is 2. The molecule has 1 amide bonds. The van der Waals surface area contributed by atoms with E-state index in [1.165, 1.54) is 0 Å². The van der Waals surface area contributed by atoms with Gasteiger partial charge in [0.15, 0.2) is 5.92 Å². The molecule has 2 heterocycles. The van der Waals surface area contributed by atoms with E-state index in [4.69, 9.17) is 21.3 Å². The molecule has 4 rings (SSSR count). The largest absolute Gasteiger partial charge is 0.465 e. The summed E-state index contributed by atoms with van der Waals surface area (Å²) in [5.41, 5.74) is 2.41. The third kappa shape index (κ3) is 3.45. The lowest BCUT2D eigenvalue weighted by molar-refractivity contribution is -0.153. The highest BCUT2D eigenvalue weighted by atomic mass is 35.5. The third-order valence-corrected chi connectivity index (χ3v) is 5.65. The molecule has 0 saturated heterocycles. The molecule has 2 atom stereocenters. The first kappa shape index (κ1) is 20.4. The van der Waals surface area contributed by atoms with Crippen LogP contribution in [0, 0.1) is 5.92 Å². The van der Waals surface area contributed by atoms with Gasteiger partial charge in [0, 0.05) is 11.6 Å². The molecule has 0 fully saturated rings. The van der Waals surface area contributed by atoms with Gasteiger partial charge >= 0.3 is 5.97 Å². The van der Waals surface area contributed by atoms with Crippen molar-refractivity contribution in [2.75, 3.05) is 18.1 Å². The van der Waals surface area contributed by atoms with Gasteiger partial charge in [0.1, 0.15) is 0 Å². The fourth-order valence-corrected chi connectivity index (χ4v) is 4.27. The quantitative estimate of drug-likeness (QED) is 0.427. The number of hydrogen-bond acceptors (Lipinski definition) is 4. The van der Waals surface area contributed by atoms with Crippen molar-refractivity contribution in [1.29, 1.82) is 0 Å². The molecule has 1 aliphatic rings. The fourth-order valence-electron chi connectivity index (χ4n) is 4.07. The lowest BCUT2D eigenvalue weighted by Crippen LogP contribution is -2.50. The molecule has 1 aliphatic heterocycles. The number of nitrogens with zero attached hydrogens (tertiary/aromatic N) is 3. The van der Waals surface area contributed by atoms with E-state index >= 15 is 0 Å². The minimum Gasteiger partial charge on any atom is -0.465 e. The molecule has 0 N–H and O–H groups in total. The maximum atomic E-state index is 13.6. The molecule has 0 bridgehead atoms. The molecule has 30 heavy (non-hydrogen) atoms. The van der Waals surface area contributed by atoms with E-state index in [-0.39, 0.29) is 12.5 Å². The van der Waals surface area contributed by atoms with Gasteiger partial charge in [-0.3, -0.25) is 14.5 Å². The van der Waals surface area contributed by atoms with E-state index in [1.54, 1.807) is 24.0 Å². The zero-order chi connectivity index (χ0) is 21.3. The molecule has 3 aromatic rings. The molecule has 0 radical (unpaired) electrons. The smallest absolute Gasteiger partial charge is 0.321 e. The first-order valence-electron chi connectivity index (χ1n) is 10.3. The predicted molar refractivity (Wildman–Crippen MR) is 117 cm³/mol. The van der Waals surface area contributed by atoms with Crippen LogP contribution in [0.25, 0.3) is 11.0 Å². The van der Waals surface area contributed by atoms with Crippen LogP contribution >= 0.6 is 11.6 Å². The van der Waals surface area contributed by atoms with Crippen molar-refractivity contribution < 1.29 is 14.3 Å². The number of imidazole rings is 1. The standard InChI is InChI=1S/C23H24ClN3O3/c1-3-5-13-26-21(28)19(22(29)30-4-2)20(15-9-8-10-16(24)14-15)27-18-12-7-6-11-17(18)25-23(26)27/h6-12,14,19-20H,3-5,13H2,1-2H3/t19-,20-/m1/s1. The number of hydrogen-bond donors (Lipinski definition) is 0. The number of amides is 1. The lowest BCUT2D eigenvalue weighted by atomic mass is 9.89. The van der Waals surface area contributed by atoms with Gasteiger partial charge < -0.3 is 9.30 Å². The number of carbonyl (C=O) groups excluding carboxylic acids is 2. The number of halogens is 1. The molecule has 0 spiro atoms. The fraction of sp³-hybridized carbons (Fsp3) is 0.348. The van der Waals surface area contributed by atoms with Gasteiger partial charge in [-0.2, -0.15) is 0 Å². The molecule has 156 valence electrons. The Balaban J connectivity index is 1.98. The lowest BCUT2D eigenvalue weighted by Gasteiger charge is -2.38. The Morgan fingerprint density at radius 1 is 1.17 bits per heavy atom. The third-order valence-electron chi connectivity index (χ3n) is 5.41. The zero-order valence-electron chi connectivity index (χ0n) is 17.0. The SMILES string of the molecule is CCCCN1C(=O)[C@H](C(=O)OCC)[C@@H](c2cccc(Cl)c2)n2c1nc1ccccc12. The van der Waals surface area contributed by atoms with Gasteiger partial charge in [0.25, 0.3) is 0 Å². The van der Waals surface area contributed by atoms with Crippen LogP contribution in [0.3, 0.4) is 0 Å². The first-order chi connectivity index (χ1) is 14.6. The van der Waals surface area contributed by atoms with Crippen LogP contribution in [0.4, 0.5) is 5.95 Å². The van der Waals surface area contributed by atoms with Crippen LogP contribution in [0.5, 0.6) is 0 Å².